The molecule has 4 rings (SSSR count). The fourth-order valence-electron chi connectivity index (χ4n) is 4.24. The Bertz CT molecular complexity index is 1090. The third-order valence-corrected chi connectivity index (χ3v) is 6.85. The lowest BCUT2D eigenvalue weighted by Gasteiger charge is -2.39. The number of rotatable bonds is 2. The zero-order chi connectivity index (χ0) is 20.0. The van der Waals surface area contributed by atoms with Gasteiger partial charge in [-0.2, -0.15) is 5.26 Å². The normalized spacial score (nSPS) is 19.7. The number of benzene rings is 1. The minimum Gasteiger partial charge on any atom is -0.384 e. The van der Waals surface area contributed by atoms with Gasteiger partial charge in [0.25, 0.3) is 0 Å². The van der Waals surface area contributed by atoms with E-state index in [1.165, 1.54) is 4.88 Å². The molecule has 0 saturated heterocycles. The van der Waals surface area contributed by atoms with E-state index in [1.807, 2.05) is 36.1 Å². The highest BCUT2D eigenvalue weighted by atomic mass is 79.9. The number of aryl methyl sites for hydroxylation is 2. The Hall–Kier alpha value is -2.36. The summed E-state index contributed by atoms with van der Waals surface area (Å²) in [4.78, 5) is 17.3. The summed E-state index contributed by atoms with van der Waals surface area (Å²) in [5.41, 5.74) is 10.6. The van der Waals surface area contributed by atoms with Crippen molar-refractivity contribution in [2.75, 3.05) is 4.90 Å². The number of nitrogens with zero attached hydrogens (tertiary/aromatic N) is 2. The average molecular weight is 454 g/mol. The van der Waals surface area contributed by atoms with Crippen LogP contribution in [0.15, 0.2) is 57.5 Å². The third kappa shape index (κ3) is 2.99. The lowest BCUT2D eigenvalue weighted by Crippen LogP contribution is -2.38. The fourth-order valence-corrected chi connectivity index (χ4v) is 5.60. The number of carbonyl (C=O) groups is 1. The van der Waals surface area contributed by atoms with Crippen LogP contribution >= 0.6 is 27.3 Å². The quantitative estimate of drug-likeness (QED) is 0.657. The topological polar surface area (TPSA) is 70.1 Å². The number of anilines is 1. The van der Waals surface area contributed by atoms with Crippen LogP contribution in [0.2, 0.25) is 0 Å². The largest absolute Gasteiger partial charge is 0.384 e. The molecule has 4 nitrogen and oxygen atoms in total. The van der Waals surface area contributed by atoms with E-state index in [-0.39, 0.29) is 11.7 Å². The molecule has 0 spiro atoms. The highest BCUT2D eigenvalue weighted by molar-refractivity contribution is 9.10. The predicted molar refractivity (Wildman–Crippen MR) is 116 cm³/mol. The molecule has 2 aliphatic rings. The van der Waals surface area contributed by atoms with Gasteiger partial charge in [-0.15, -0.1) is 11.3 Å². The Morgan fingerprint density at radius 3 is 2.71 bits per heavy atom. The molecule has 2 heterocycles. The maximum atomic E-state index is 13.1. The standard InChI is InChI=1S/C22H20BrN3OS/c1-12-9-16(13(2)28-12)20-17(11-24)22(25)26(15-6-3-5-14(23)10-15)18-7-4-8-19(27)21(18)20/h3,5-6,9-10,20H,4,7-8,25H2,1-2H3/t20-/m1/s1. The summed E-state index contributed by atoms with van der Waals surface area (Å²) in [6.45, 7) is 4.10. The summed E-state index contributed by atoms with van der Waals surface area (Å²) in [5.74, 6) is 0.165. The van der Waals surface area contributed by atoms with Crippen molar-refractivity contribution in [1.82, 2.24) is 0 Å². The average Bonchev–Trinajstić information content (AvgIpc) is 2.98. The number of allylic oxidation sites excluding steroid dienone is 3. The van der Waals surface area contributed by atoms with E-state index in [1.54, 1.807) is 11.3 Å². The molecule has 0 unspecified atom stereocenters. The van der Waals surface area contributed by atoms with Gasteiger partial charge in [0.05, 0.1) is 17.6 Å². The van der Waals surface area contributed by atoms with Crippen LogP contribution in [-0.4, -0.2) is 5.78 Å². The lowest BCUT2D eigenvalue weighted by atomic mass is 9.75. The molecular weight excluding hydrogens is 434 g/mol. The molecule has 2 N–H and O–H groups in total. The van der Waals surface area contributed by atoms with E-state index in [2.05, 4.69) is 35.0 Å². The monoisotopic (exact) mass is 453 g/mol. The number of carbonyl (C=O) groups excluding carboxylic acids is 1. The van der Waals surface area contributed by atoms with Crippen molar-refractivity contribution < 1.29 is 4.79 Å². The Labute approximate surface area is 177 Å². The molecule has 1 atom stereocenters. The molecule has 0 saturated carbocycles. The van der Waals surface area contributed by atoms with E-state index in [4.69, 9.17) is 5.73 Å². The maximum absolute atomic E-state index is 13.1. The molecule has 28 heavy (non-hydrogen) atoms. The number of thiophene rings is 1. The van der Waals surface area contributed by atoms with Gasteiger partial charge in [0.2, 0.25) is 0 Å². The number of halogens is 1. The van der Waals surface area contributed by atoms with Crippen LogP contribution in [0.25, 0.3) is 0 Å². The zero-order valence-corrected chi connectivity index (χ0v) is 18.2. The number of hydrogen-bond acceptors (Lipinski definition) is 5. The fraction of sp³-hybridized carbons (Fsp3) is 0.273. The number of hydrogen-bond donors (Lipinski definition) is 1. The molecule has 0 amide bonds. The second kappa shape index (κ2) is 7.23. The summed E-state index contributed by atoms with van der Waals surface area (Å²) in [6, 6.07) is 12.2. The first-order valence-electron chi connectivity index (χ1n) is 9.21. The molecule has 0 radical (unpaired) electrons. The van der Waals surface area contributed by atoms with Crippen molar-refractivity contribution in [3.63, 3.8) is 0 Å². The van der Waals surface area contributed by atoms with Crippen LogP contribution < -0.4 is 10.6 Å². The molecule has 1 aliphatic carbocycles. The number of ketones is 1. The Balaban J connectivity index is 2.00. The SMILES string of the molecule is Cc1cc([C@@H]2C(C#N)=C(N)N(c3cccc(Br)c3)C3=C2C(=O)CCC3)c(C)s1. The molecule has 142 valence electrons. The van der Waals surface area contributed by atoms with E-state index in [9.17, 15) is 10.1 Å². The first-order chi connectivity index (χ1) is 13.4. The summed E-state index contributed by atoms with van der Waals surface area (Å²) in [6.07, 6.45) is 2.08. The molecule has 2 aromatic rings. The van der Waals surface area contributed by atoms with E-state index in [0.717, 1.165) is 44.7 Å². The summed E-state index contributed by atoms with van der Waals surface area (Å²) < 4.78 is 0.923. The minimum absolute atomic E-state index is 0.120. The highest BCUT2D eigenvalue weighted by Gasteiger charge is 2.41. The van der Waals surface area contributed by atoms with Crippen LogP contribution in [0.3, 0.4) is 0 Å². The maximum Gasteiger partial charge on any atom is 0.161 e. The van der Waals surface area contributed by atoms with Gasteiger partial charge in [-0.05, 0) is 56.5 Å². The molecule has 1 aromatic heterocycles. The highest BCUT2D eigenvalue weighted by Crippen LogP contribution is 2.48. The van der Waals surface area contributed by atoms with Gasteiger partial charge in [0.15, 0.2) is 5.78 Å². The van der Waals surface area contributed by atoms with Gasteiger partial charge >= 0.3 is 0 Å². The van der Waals surface area contributed by atoms with Crippen LogP contribution in [0.1, 0.15) is 40.5 Å². The lowest BCUT2D eigenvalue weighted by molar-refractivity contribution is -0.116. The van der Waals surface area contributed by atoms with Crippen molar-refractivity contribution in [2.24, 2.45) is 5.73 Å². The van der Waals surface area contributed by atoms with Crippen LogP contribution in [0.4, 0.5) is 5.69 Å². The number of nitriles is 1. The third-order valence-electron chi connectivity index (χ3n) is 5.37. The van der Waals surface area contributed by atoms with Crippen molar-refractivity contribution in [2.45, 2.75) is 39.0 Å². The smallest absolute Gasteiger partial charge is 0.161 e. The first kappa shape index (κ1) is 19.0. The second-order valence-electron chi connectivity index (χ2n) is 7.16. The van der Waals surface area contributed by atoms with Crippen molar-refractivity contribution >= 4 is 38.7 Å². The Kier molecular flexibility index (Phi) is 4.90. The van der Waals surface area contributed by atoms with Crippen molar-refractivity contribution in [3.05, 3.63) is 72.8 Å². The van der Waals surface area contributed by atoms with Crippen LogP contribution in [-0.2, 0) is 4.79 Å². The summed E-state index contributed by atoms with van der Waals surface area (Å²) in [7, 11) is 0. The number of Topliss-reactive ketones (excluding diaryl/α,β-unsaturated/α-hetero) is 1. The Morgan fingerprint density at radius 1 is 1.29 bits per heavy atom. The van der Waals surface area contributed by atoms with Crippen LogP contribution in [0.5, 0.6) is 0 Å². The van der Waals surface area contributed by atoms with E-state index in [0.29, 0.717) is 17.8 Å². The van der Waals surface area contributed by atoms with Gasteiger partial charge in [-0.25, -0.2) is 0 Å². The van der Waals surface area contributed by atoms with Crippen LogP contribution in [0, 0.1) is 25.2 Å². The van der Waals surface area contributed by atoms with Gasteiger partial charge < -0.3 is 5.73 Å². The van der Waals surface area contributed by atoms with E-state index < -0.39 is 0 Å². The molecule has 6 heteroatoms. The van der Waals surface area contributed by atoms with Gasteiger partial charge in [-0.3, -0.25) is 9.69 Å². The van der Waals surface area contributed by atoms with E-state index >= 15 is 0 Å². The van der Waals surface area contributed by atoms with Gasteiger partial charge in [0, 0.05) is 37.6 Å². The predicted octanol–water partition coefficient (Wildman–Crippen LogP) is 5.43. The summed E-state index contributed by atoms with van der Waals surface area (Å²) >= 11 is 5.20. The van der Waals surface area contributed by atoms with Crippen molar-refractivity contribution in [1.29, 1.82) is 5.26 Å². The first-order valence-corrected chi connectivity index (χ1v) is 10.8. The molecule has 1 aliphatic heterocycles. The molecule has 0 bridgehead atoms. The molecular formula is C22H20BrN3OS. The number of nitrogens with two attached hydrogens (primary N) is 1. The molecule has 1 aromatic carbocycles. The van der Waals surface area contributed by atoms with Gasteiger partial charge in [-0.1, -0.05) is 22.0 Å². The molecule has 0 fully saturated rings. The van der Waals surface area contributed by atoms with Gasteiger partial charge in [0.1, 0.15) is 5.82 Å². The minimum atomic E-state index is -0.374. The Morgan fingerprint density at radius 2 is 2.07 bits per heavy atom. The van der Waals surface area contributed by atoms with Crippen molar-refractivity contribution in [3.8, 4) is 6.07 Å². The summed E-state index contributed by atoms with van der Waals surface area (Å²) in [5, 5.41) is 10.0. The second-order valence-corrected chi connectivity index (χ2v) is 9.54. The zero-order valence-electron chi connectivity index (χ0n) is 15.8.